The monoisotopic (exact) mass is 1360 g/mol. The maximum Gasteiger partial charge on any atom is 0.0978 e. The third-order valence-corrected chi connectivity index (χ3v) is 19.1. The highest BCUT2D eigenvalue weighted by molar-refractivity contribution is 6.10. The van der Waals surface area contributed by atoms with Crippen LogP contribution in [-0.2, 0) is 0 Å². The van der Waals surface area contributed by atoms with Gasteiger partial charge < -0.3 is 0 Å². The Hall–Kier alpha value is -14.6. The van der Waals surface area contributed by atoms with Gasteiger partial charge in [-0.1, -0.05) is 164 Å². The molecule has 0 aliphatic carbocycles. The molecular weight excluding hydrogens is 1300 g/mol. The Morgan fingerprint density at radius 1 is 0.151 bits per heavy atom. The van der Waals surface area contributed by atoms with E-state index >= 15 is 0 Å². The van der Waals surface area contributed by atoms with Gasteiger partial charge in [0.15, 0.2) is 0 Å². The van der Waals surface area contributed by atoms with E-state index in [0.717, 1.165) is 189 Å². The molecule has 0 aliphatic rings. The van der Waals surface area contributed by atoms with Crippen molar-refractivity contribution >= 4 is 43.6 Å². The standard InChI is InChI=1S/C50H32N6.C44H28N6/c1-2-9-35(10-3-1)48-30-43(42-21-18-36-11-8-26-53-49(36)50(42)56-48)34-16-14-33(15-17-34)39-27-40(37-19-22-46(54-31-37)44-12-4-6-24-51-44)29-41(28-39)38-20-23-47(55-32-38)45-13-5-7-25-52-45;1-3-20-45-39(7-1)41-17-14-32(27-49-41)35-24-34(25-36(26-35)33-15-18-42(50-28-33)40-8-2-4-21-46-40)29-9-11-30(12-10-29)37-19-23-48-44-38(37)16-13-31-6-5-22-47-43(31)44/h1-32H;1-28H. The minimum absolute atomic E-state index is 0.832. The molecule has 0 saturated heterocycles. The van der Waals surface area contributed by atoms with Crippen molar-refractivity contribution in [2.45, 2.75) is 0 Å². The summed E-state index contributed by atoms with van der Waals surface area (Å²) in [4.78, 5) is 56.3. The molecule has 106 heavy (non-hydrogen) atoms. The van der Waals surface area contributed by atoms with Gasteiger partial charge in [0, 0.05) is 118 Å². The van der Waals surface area contributed by atoms with Crippen LogP contribution in [0.25, 0.3) is 189 Å². The second-order valence-corrected chi connectivity index (χ2v) is 25.7. The van der Waals surface area contributed by atoms with Crippen LogP contribution in [0.1, 0.15) is 0 Å². The molecule has 0 fully saturated rings. The van der Waals surface area contributed by atoms with Gasteiger partial charge >= 0.3 is 0 Å². The van der Waals surface area contributed by atoms with E-state index in [1.54, 1.807) is 24.8 Å². The van der Waals surface area contributed by atoms with Crippen molar-refractivity contribution in [3.63, 3.8) is 0 Å². The van der Waals surface area contributed by atoms with E-state index in [-0.39, 0.29) is 0 Å². The first-order valence-corrected chi connectivity index (χ1v) is 34.9. The SMILES string of the molecule is c1ccc(-c2cc(-c3ccc(-c4cc(-c5ccc(-c6ccccn6)nc5)cc(-c5ccc(-c6ccccn6)nc5)c4)cc3)c3ccc4cccnc4c3n2)cc1.c1ccc(-c2ccc(-c3cc(-c4ccc(-c5ccnc6c5ccc5cccnc56)cc4)cc(-c4ccc(-c5ccccn5)nc4)c3)cn2)nc1. The van der Waals surface area contributed by atoms with E-state index in [9.17, 15) is 0 Å². The molecule has 0 radical (unpaired) electrons. The lowest BCUT2D eigenvalue weighted by atomic mass is 9.92. The van der Waals surface area contributed by atoms with Crippen LogP contribution < -0.4 is 0 Å². The smallest absolute Gasteiger partial charge is 0.0978 e. The molecule has 19 rings (SSSR count). The second-order valence-electron chi connectivity index (χ2n) is 25.7. The number of rotatable bonds is 13. The van der Waals surface area contributed by atoms with Crippen molar-refractivity contribution in [2.24, 2.45) is 0 Å². The quantitative estimate of drug-likeness (QED) is 0.101. The summed E-state index contributed by atoms with van der Waals surface area (Å²) in [6, 6.07) is 102. The summed E-state index contributed by atoms with van der Waals surface area (Å²) in [6.45, 7) is 0. The molecule has 0 aliphatic heterocycles. The van der Waals surface area contributed by atoms with Gasteiger partial charge in [0.25, 0.3) is 0 Å². The number of benzene rings is 7. The highest BCUT2D eigenvalue weighted by Crippen LogP contribution is 2.41. The lowest BCUT2D eigenvalue weighted by Crippen LogP contribution is -1.93. The first-order chi connectivity index (χ1) is 52.5. The third kappa shape index (κ3) is 13.0. The van der Waals surface area contributed by atoms with Crippen molar-refractivity contribution in [1.82, 2.24) is 59.8 Å². The number of hydrogen-bond donors (Lipinski definition) is 0. The van der Waals surface area contributed by atoms with Crippen molar-refractivity contribution in [1.29, 1.82) is 0 Å². The second kappa shape index (κ2) is 28.4. The zero-order chi connectivity index (χ0) is 70.5. The first-order valence-electron chi connectivity index (χ1n) is 34.9. The Morgan fingerprint density at radius 2 is 0.481 bits per heavy atom. The van der Waals surface area contributed by atoms with Gasteiger partial charge in [-0.3, -0.25) is 54.8 Å². The molecule has 496 valence electrons. The summed E-state index contributed by atoms with van der Waals surface area (Å²) in [5.74, 6) is 0. The van der Waals surface area contributed by atoms with Crippen LogP contribution in [0.2, 0.25) is 0 Å². The molecule has 12 heterocycles. The summed E-state index contributed by atoms with van der Waals surface area (Å²) >= 11 is 0. The Balaban J connectivity index is 0.000000151. The molecule has 12 aromatic heterocycles. The summed E-state index contributed by atoms with van der Waals surface area (Å²) < 4.78 is 0. The van der Waals surface area contributed by atoms with Crippen LogP contribution >= 0.6 is 0 Å². The highest BCUT2D eigenvalue weighted by atomic mass is 14.8. The first kappa shape index (κ1) is 63.5. The van der Waals surface area contributed by atoms with Crippen LogP contribution in [0.15, 0.2) is 365 Å². The largest absolute Gasteiger partial charge is 0.255 e. The molecule has 0 saturated carbocycles. The van der Waals surface area contributed by atoms with E-state index in [2.05, 4.69) is 207 Å². The highest BCUT2D eigenvalue weighted by Gasteiger charge is 2.18. The molecule has 0 unspecified atom stereocenters. The summed E-state index contributed by atoms with van der Waals surface area (Å²) in [7, 11) is 0. The molecule has 0 amide bonds. The van der Waals surface area contributed by atoms with Crippen LogP contribution in [0, 0.1) is 0 Å². The van der Waals surface area contributed by atoms with Gasteiger partial charge in [-0.2, -0.15) is 0 Å². The van der Waals surface area contributed by atoms with Crippen molar-refractivity contribution in [3.8, 4) is 146 Å². The maximum absolute atomic E-state index is 5.17. The lowest BCUT2D eigenvalue weighted by Gasteiger charge is -2.14. The molecule has 0 spiro atoms. The molecule has 0 atom stereocenters. The number of nitrogens with zero attached hydrogens (tertiary/aromatic N) is 12. The van der Waals surface area contributed by atoms with E-state index in [1.807, 2.05) is 159 Å². The minimum atomic E-state index is 0.832. The van der Waals surface area contributed by atoms with E-state index in [1.165, 1.54) is 0 Å². The fourth-order valence-corrected chi connectivity index (χ4v) is 13.7. The molecule has 19 aromatic rings. The van der Waals surface area contributed by atoms with E-state index < -0.39 is 0 Å². The predicted octanol–water partition coefficient (Wildman–Crippen LogP) is 22.4. The van der Waals surface area contributed by atoms with Gasteiger partial charge in [0.2, 0.25) is 0 Å². The molecule has 0 bridgehead atoms. The zero-order valence-corrected chi connectivity index (χ0v) is 57.0. The summed E-state index contributed by atoms with van der Waals surface area (Å²) in [5, 5.41) is 4.30. The van der Waals surface area contributed by atoms with Gasteiger partial charge in [0.05, 0.1) is 73.3 Å². The average molecular weight is 1360 g/mol. The average Bonchev–Trinajstić information content (AvgIpc) is 0.786. The normalized spacial score (nSPS) is 11.2. The van der Waals surface area contributed by atoms with Crippen LogP contribution in [0.3, 0.4) is 0 Å². The Kier molecular flexibility index (Phi) is 17.0. The number of aromatic nitrogens is 12. The van der Waals surface area contributed by atoms with Crippen molar-refractivity contribution in [3.05, 3.63) is 365 Å². The van der Waals surface area contributed by atoms with Gasteiger partial charge in [-0.25, -0.2) is 4.98 Å². The topological polar surface area (TPSA) is 155 Å². The zero-order valence-electron chi connectivity index (χ0n) is 57.0. The number of hydrogen-bond acceptors (Lipinski definition) is 12. The van der Waals surface area contributed by atoms with E-state index in [0.29, 0.717) is 0 Å². The Morgan fingerprint density at radius 3 is 0.868 bits per heavy atom. The van der Waals surface area contributed by atoms with Crippen molar-refractivity contribution in [2.75, 3.05) is 0 Å². The summed E-state index contributed by atoms with van der Waals surface area (Å²) in [6.07, 6.45) is 20.4. The fraction of sp³-hybridized carbons (Fsp3) is 0. The maximum atomic E-state index is 5.17. The van der Waals surface area contributed by atoms with Crippen molar-refractivity contribution < 1.29 is 0 Å². The molecular formula is C94H60N12. The minimum Gasteiger partial charge on any atom is -0.255 e. The molecule has 0 N–H and O–H groups in total. The van der Waals surface area contributed by atoms with Gasteiger partial charge in [-0.15, -0.1) is 0 Å². The molecule has 7 aromatic carbocycles. The fourth-order valence-electron chi connectivity index (χ4n) is 13.7. The molecule has 12 heteroatoms. The van der Waals surface area contributed by atoms with E-state index in [4.69, 9.17) is 34.9 Å². The van der Waals surface area contributed by atoms with Gasteiger partial charge in [0.1, 0.15) is 0 Å². The number of pyridine rings is 12. The van der Waals surface area contributed by atoms with Crippen LogP contribution in [-0.4, -0.2) is 59.8 Å². The Labute approximate surface area is 611 Å². The van der Waals surface area contributed by atoms with Crippen LogP contribution in [0.5, 0.6) is 0 Å². The predicted molar refractivity (Wildman–Crippen MR) is 427 cm³/mol. The molecule has 12 nitrogen and oxygen atoms in total. The summed E-state index contributed by atoms with van der Waals surface area (Å²) in [5.41, 5.74) is 29.5. The third-order valence-electron chi connectivity index (χ3n) is 19.1. The number of fused-ring (bicyclic) bond motifs is 6. The van der Waals surface area contributed by atoms with Crippen LogP contribution in [0.4, 0.5) is 0 Å². The lowest BCUT2D eigenvalue weighted by molar-refractivity contribution is 1.25. The van der Waals surface area contributed by atoms with Gasteiger partial charge in [-0.05, 0) is 200 Å². The Bertz CT molecular complexity index is 6160.